The van der Waals surface area contributed by atoms with E-state index in [1.807, 2.05) is 43.3 Å². The van der Waals surface area contributed by atoms with Gasteiger partial charge in [-0.2, -0.15) is 5.10 Å². The van der Waals surface area contributed by atoms with E-state index >= 15 is 0 Å². The highest BCUT2D eigenvalue weighted by molar-refractivity contribution is 9.10. The van der Waals surface area contributed by atoms with Crippen LogP contribution in [0, 0.1) is 6.92 Å². The molecule has 0 fully saturated rings. The van der Waals surface area contributed by atoms with Gasteiger partial charge in [0.1, 0.15) is 4.60 Å². The number of hydrogen-bond donors (Lipinski definition) is 1. The molecule has 0 radical (unpaired) electrons. The van der Waals surface area contributed by atoms with Crippen LogP contribution in [0.4, 0.5) is 0 Å². The number of ether oxygens (including phenoxy) is 2. The van der Waals surface area contributed by atoms with E-state index in [0.717, 1.165) is 44.3 Å². The number of pyridine rings is 1. The standard InChI is InChI=1S/C16H12BrN3O2/c1-9-4-11(6-16(17)18-9)13-7-12(19-20-13)10-2-3-14-15(5-10)22-8-21-14/h2-7H,8H2,1H3,(H,19,20). The van der Waals surface area contributed by atoms with Crippen LogP contribution in [0.1, 0.15) is 5.69 Å². The summed E-state index contributed by atoms with van der Waals surface area (Å²) in [5.41, 5.74) is 4.77. The quantitative estimate of drug-likeness (QED) is 0.705. The lowest BCUT2D eigenvalue weighted by Crippen LogP contribution is -1.92. The number of hydrogen-bond acceptors (Lipinski definition) is 4. The third kappa shape index (κ3) is 2.35. The molecule has 0 bridgehead atoms. The van der Waals surface area contributed by atoms with E-state index in [1.54, 1.807) is 0 Å². The first kappa shape index (κ1) is 13.3. The van der Waals surface area contributed by atoms with E-state index in [1.165, 1.54) is 0 Å². The van der Waals surface area contributed by atoms with Crippen molar-refractivity contribution in [2.24, 2.45) is 0 Å². The molecule has 0 atom stereocenters. The van der Waals surface area contributed by atoms with Crippen molar-refractivity contribution in [3.63, 3.8) is 0 Å². The monoisotopic (exact) mass is 357 g/mol. The number of aryl methyl sites for hydroxylation is 1. The minimum absolute atomic E-state index is 0.273. The molecule has 1 N–H and O–H groups in total. The molecule has 6 heteroatoms. The second-order valence-electron chi connectivity index (χ2n) is 5.05. The molecule has 0 spiro atoms. The predicted octanol–water partition coefficient (Wildman–Crippen LogP) is 3.94. The molecule has 0 aliphatic carbocycles. The number of aromatic amines is 1. The van der Waals surface area contributed by atoms with Crippen LogP contribution in [0.25, 0.3) is 22.5 Å². The minimum Gasteiger partial charge on any atom is -0.454 e. The maximum absolute atomic E-state index is 5.41. The minimum atomic E-state index is 0.273. The molecule has 4 rings (SSSR count). The number of nitrogens with one attached hydrogen (secondary N) is 1. The molecule has 2 aromatic heterocycles. The van der Waals surface area contributed by atoms with Gasteiger partial charge in [0.05, 0.1) is 11.4 Å². The second-order valence-corrected chi connectivity index (χ2v) is 5.87. The SMILES string of the molecule is Cc1cc(-c2cc(-c3ccc4c(c3)OCO4)n[nH]2)cc(Br)n1. The summed E-state index contributed by atoms with van der Waals surface area (Å²) in [6, 6.07) is 11.8. The molecule has 1 aliphatic heterocycles. The van der Waals surface area contributed by atoms with Crippen LogP contribution in [0.15, 0.2) is 41.0 Å². The summed E-state index contributed by atoms with van der Waals surface area (Å²) < 4.78 is 11.5. The van der Waals surface area contributed by atoms with Crippen molar-refractivity contribution in [2.75, 3.05) is 6.79 Å². The highest BCUT2D eigenvalue weighted by Gasteiger charge is 2.15. The zero-order valence-corrected chi connectivity index (χ0v) is 13.3. The van der Waals surface area contributed by atoms with E-state index in [-0.39, 0.29) is 6.79 Å². The average Bonchev–Trinajstić information content (AvgIpc) is 3.14. The zero-order chi connectivity index (χ0) is 15.1. The first-order valence-electron chi connectivity index (χ1n) is 6.79. The summed E-state index contributed by atoms with van der Waals surface area (Å²) >= 11 is 3.42. The Balaban J connectivity index is 1.72. The van der Waals surface area contributed by atoms with Gasteiger partial charge in [-0.05, 0) is 59.3 Å². The number of fused-ring (bicyclic) bond motifs is 1. The molecular weight excluding hydrogens is 346 g/mol. The van der Waals surface area contributed by atoms with Crippen LogP contribution in [-0.4, -0.2) is 22.0 Å². The predicted molar refractivity (Wildman–Crippen MR) is 85.8 cm³/mol. The van der Waals surface area contributed by atoms with Gasteiger partial charge < -0.3 is 9.47 Å². The van der Waals surface area contributed by atoms with Crippen molar-refractivity contribution >= 4 is 15.9 Å². The Labute approximate surface area is 135 Å². The van der Waals surface area contributed by atoms with Crippen molar-refractivity contribution in [1.82, 2.24) is 15.2 Å². The molecule has 22 heavy (non-hydrogen) atoms. The van der Waals surface area contributed by atoms with Crippen molar-refractivity contribution < 1.29 is 9.47 Å². The van der Waals surface area contributed by atoms with Crippen LogP contribution >= 0.6 is 15.9 Å². The van der Waals surface area contributed by atoms with E-state index < -0.39 is 0 Å². The van der Waals surface area contributed by atoms with Crippen molar-refractivity contribution in [3.05, 3.63) is 46.7 Å². The third-order valence-corrected chi connectivity index (χ3v) is 3.89. The molecule has 1 aromatic carbocycles. The molecular formula is C16H12BrN3O2. The fourth-order valence-electron chi connectivity index (χ4n) is 2.46. The summed E-state index contributed by atoms with van der Waals surface area (Å²) in [5, 5.41) is 7.46. The number of nitrogens with zero attached hydrogens (tertiary/aromatic N) is 2. The Kier molecular flexibility index (Phi) is 3.11. The first-order chi connectivity index (χ1) is 10.7. The van der Waals surface area contributed by atoms with Gasteiger partial charge in [0, 0.05) is 16.8 Å². The Morgan fingerprint density at radius 3 is 2.77 bits per heavy atom. The normalized spacial score (nSPS) is 12.6. The van der Waals surface area contributed by atoms with Crippen molar-refractivity contribution in [2.45, 2.75) is 6.92 Å². The molecule has 0 unspecified atom stereocenters. The van der Waals surface area contributed by atoms with E-state index in [4.69, 9.17) is 9.47 Å². The summed E-state index contributed by atoms with van der Waals surface area (Å²) in [5.74, 6) is 1.53. The Morgan fingerprint density at radius 2 is 1.91 bits per heavy atom. The summed E-state index contributed by atoms with van der Waals surface area (Å²) in [6.45, 7) is 2.23. The van der Waals surface area contributed by atoms with Gasteiger partial charge in [0.2, 0.25) is 6.79 Å². The molecule has 3 aromatic rings. The lowest BCUT2D eigenvalue weighted by molar-refractivity contribution is 0.174. The molecule has 0 saturated carbocycles. The van der Waals surface area contributed by atoms with Gasteiger partial charge in [-0.3, -0.25) is 5.10 Å². The Hall–Kier alpha value is -2.34. The maximum Gasteiger partial charge on any atom is 0.231 e. The maximum atomic E-state index is 5.41. The van der Waals surface area contributed by atoms with Crippen LogP contribution in [-0.2, 0) is 0 Å². The summed E-state index contributed by atoms with van der Waals surface area (Å²) in [4.78, 5) is 4.32. The van der Waals surface area contributed by atoms with Crippen LogP contribution in [0.2, 0.25) is 0 Å². The van der Waals surface area contributed by atoms with E-state index in [9.17, 15) is 0 Å². The first-order valence-corrected chi connectivity index (χ1v) is 7.58. The van der Waals surface area contributed by atoms with Crippen LogP contribution in [0.3, 0.4) is 0 Å². The number of aromatic nitrogens is 3. The molecule has 5 nitrogen and oxygen atoms in total. The summed E-state index contributed by atoms with van der Waals surface area (Å²) in [6.07, 6.45) is 0. The van der Waals surface area contributed by atoms with Gasteiger partial charge in [0.15, 0.2) is 11.5 Å². The number of H-pyrrole nitrogens is 1. The molecule has 0 saturated heterocycles. The van der Waals surface area contributed by atoms with Crippen LogP contribution < -0.4 is 9.47 Å². The molecule has 110 valence electrons. The van der Waals surface area contributed by atoms with E-state index in [0.29, 0.717) is 0 Å². The largest absolute Gasteiger partial charge is 0.454 e. The lowest BCUT2D eigenvalue weighted by atomic mass is 10.1. The average molecular weight is 358 g/mol. The van der Waals surface area contributed by atoms with Gasteiger partial charge in [-0.25, -0.2) is 4.98 Å². The van der Waals surface area contributed by atoms with Gasteiger partial charge >= 0.3 is 0 Å². The van der Waals surface area contributed by atoms with Crippen LogP contribution in [0.5, 0.6) is 11.5 Å². The fraction of sp³-hybridized carbons (Fsp3) is 0.125. The summed E-state index contributed by atoms with van der Waals surface area (Å²) in [7, 11) is 0. The molecule has 1 aliphatic rings. The topological polar surface area (TPSA) is 60.0 Å². The highest BCUT2D eigenvalue weighted by Crippen LogP contribution is 2.36. The number of halogens is 1. The molecule has 0 amide bonds. The number of benzene rings is 1. The van der Waals surface area contributed by atoms with Gasteiger partial charge in [0.25, 0.3) is 0 Å². The van der Waals surface area contributed by atoms with Crippen molar-refractivity contribution in [3.8, 4) is 34.0 Å². The third-order valence-electron chi connectivity index (χ3n) is 3.48. The van der Waals surface area contributed by atoms with E-state index in [2.05, 4.69) is 31.1 Å². The second kappa shape index (κ2) is 5.14. The highest BCUT2D eigenvalue weighted by atomic mass is 79.9. The fourth-order valence-corrected chi connectivity index (χ4v) is 2.98. The van der Waals surface area contributed by atoms with Gasteiger partial charge in [-0.15, -0.1) is 0 Å². The van der Waals surface area contributed by atoms with Crippen molar-refractivity contribution in [1.29, 1.82) is 0 Å². The molecule has 3 heterocycles. The lowest BCUT2D eigenvalue weighted by Gasteiger charge is -2.00. The number of rotatable bonds is 2. The Bertz CT molecular complexity index is 840. The zero-order valence-electron chi connectivity index (χ0n) is 11.8. The smallest absolute Gasteiger partial charge is 0.231 e. The van der Waals surface area contributed by atoms with Gasteiger partial charge in [-0.1, -0.05) is 0 Å². The Morgan fingerprint density at radius 1 is 1.05 bits per heavy atom.